The van der Waals surface area contributed by atoms with Crippen LogP contribution in [0.25, 0.3) is 6.08 Å². The lowest BCUT2D eigenvalue weighted by molar-refractivity contribution is -0.134. The third-order valence-corrected chi connectivity index (χ3v) is 4.39. The molecule has 6 nitrogen and oxygen atoms in total. The molecule has 0 radical (unpaired) electrons. The molecule has 2 aromatic rings. The van der Waals surface area contributed by atoms with Gasteiger partial charge in [-0.3, -0.25) is 0 Å². The fraction of sp³-hybridized carbons (Fsp3) is 0.375. The van der Waals surface area contributed by atoms with Crippen molar-refractivity contribution in [3.05, 3.63) is 59.7 Å². The summed E-state index contributed by atoms with van der Waals surface area (Å²) in [5.74, 6) is 1.24. The van der Waals surface area contributed by atoms with Crippen LogP contribution < -0.4 is 14.2 Å². The molecule has 0 aromatic heterocycles. The Morgan fingerprint density at radius 1 is 1.00 bits per heavy atom. The van der Waals surface area contributed by atoms with E-state index in [1.54, 1.807) is 24.3 Å². The van der Waals surface area contributed by atoms with Crippen LogP contribution in [0.3, 0.4) is 0 Å². The second-order valence-electron chi connectivity index (χ2n) is 7.82. The third kappa shape index (κ3) is 7.12. The van der Waals surface area contributed by atoms with Gasteiger partial charge in [-0.15, -0.1) is 0 Å². The van der Waals surface area contributed by atoms with E-state index in [9.17, 15) is 9.90 Å². The van der Waals surface area contributed by atoms with Gasteiger partial charge in [0.25, 0.3) is 0 Å². The molecule has 0 amide bonds. The Labute approximate surface area is 178 Å². The Balaban J connectivity index is 1.88. The molecular weight excluding hydrogens is 384 g/mol. The molecule has 0 aliphatic carbocycles. The maximum absolute atomic E-state index is 11.2. The van der Waals surface area contributed by atoms with Gasteiger partial charge in [0.1, 0.15) is 25.1 Å². The lowest BCUT2D eigenvalue weighted by Gasteiger charge is -2.19. The number of aliphatic hydroxyl groups is 1. The summed E-state index contributed by atoms with van der Waals surface area (Å²) in [7, 11) is 2.84. The number of hydrogen-bond donors (Lipinski definition) is 1. The molecule has 0 saturated carbocycles. The first-order chi connectivity index (χ1) is 14.2. The van der Waals surface area contributed by atoms with Crippen LogP contribution in [0.2, 0.25) is 0 Å². The van der Waals surface area contributed by atoms with E-state index in [4.69, 9.17) is 14.2 Å². The van der Waals surface area contributed by atoms with Crippen LogP contribution >= 0.6 is 0 Å². The number of aliphatic hydroxyl groups excluding tert-OH is 1. The van der Waals surface area contributed by atoms with Crippen molar-refractivity contribution in [2.45, 2.75) is 32.3 Å². The molecule has 6 heteroatoms. The monoisotopic (exact) mass is 414 g/mol. The molecule has 0 spiro atoms. The van der Waals surface area contributed by atoms with Gasteiger partial charge in [-0.2, -0.15) is 0 Å². The van der Waals surface area contributed by atoms with Crippen molar-refractivity contribution in [1.29, 1.82) is 0 Å². The molecule has 1 atom stereocenters. The highest BCUT2D eigenvalue weighted by molar-refractivity contribution is 5.87. The topological polar surface area (TPSA) is 74.2 Å². The summed E-state index contributed by atoms with van der Waals surface area (Å²) in [4.78, 5) is 11.2. The van der Waals surface area contributed by atoms with Gasteiger partial charge in [-0.05, 0) is 46.9 Å². The van der Waals surface area contributed by atoms with Crippen LogP contribution in [0, 0.1) is 0 Å². The summed E-state index contributed by atoms with van der Waals surface area (Å²) in [6, 6.07) is 13.1. The summed E-state index contributed by atoms with van der Waals surface area (Å²) in [6.45, 7) is 6.62. The van der Waals surface area contributed by atoms with Gasteiger partial charge in [0.15, 0.2) is 11.5 Å². The molecule has 162 valence electrons. The van der Waals surface area contributed by atoms with Crippen molar-refractivity contribution in [1.82, 2.24) is 0 Å². The van der Waals surface area contributed by atoms with Crippen LogP contribution in [-0.2, 0) is 14.9 Å². The van der Waals surface area contributed by atoms with E-state index in [1.165, 1.54) is 25.9 Å². The fourth-order valence-corrected chi connectivity index (χ4v) is 2.62. The van der Waals surface area contributed by atoms with E-state index < -0.39 is 12.1 Å². The quantitative estimate of drug-likeness (QED) is 0.494. The van der Waals surface area contributed by atoms with E-state index in [2.05, 4.69) is 25.5 Å². The molecule has 0 aliphatic heterocycles. The Morgan fingerprint density at radius 3 is 2.27 bits per heavy atom. The Bertz CT molecular complexity index is 849. The lowest BCUT2D eigenvalue weighted by Crippen LogP contribution is -2.25. The van der Waals surface area contributed by atoms with Crippen LogP contribution in [0.5, 0.6) is 17.2 Å². The normalized spacial score (nSPS) is 12.5. The van der Waals surface area contributed by atoms with Crippen LogP contribution in [0.1, 0.15) is 31.9 Å². The van der Waals surface area contributed by atoms with Crippen molar-refractivity contribution < 1.29 is 28.8 Å². The first-order valence-electron chi connectivity index (χ1n) is 9.71. The third-order valence-electron chi connectivity index (χ3n) is 4.39. The summed E-state index contributed by atoms with van der Waals surface area (Å²) in [6.07, 6.45) is 2.13. The van der Waals surface area contributed by atoms with Gasteiger partial charge in [0.2, 0.25) is 0 Å². The first kappa shape index (κ1) is 23.3. The van der Waals surface area contributed by atoms with Gasteiger partial charge in [-0.25, -0.2) is 4.79 Å². The first-order valence-corrected chi connectivity index (χ1v) is 9.71. The summed E-state index contributed by atoms with van der Waals surface area (Å²) in [5, 5.41) is 10.2. The largest absolute Gasteiger partial charge is 0.493 e. The van der Waals surface area contributed by atoms with Gasteiger partial charge < -0.3 is 24.1 Å². The van der Waals surface area contributed by atoms with E-state index in [0.29, 0.717) is 17.2 Å². The summed E-state index contributed by atoms with van der Waals surface area (Å²) >= 11 is 0. The highest BCUT2D eigenvalue weighted by Gasteiger charge is 2.14. The minimum absolute atomic E-state index is 0.0494. The van der Waals surface area contributed by atoms with E-state index >= 15 is 0 Å². The molecule has 30 heavy (non-hydrogen) atoms. The van der Waals surface area contributed by atoms with Crippen molar-refractivity contribution >= 4 is 12.0 Å². The number of rotatable bonds is 9. The number of carbonyl (C=O) groups is 1. The van der Waals surface area contributed by atoms with Crippen LogP contribution in [0.15, 0.2) is 48.5 Å². The number of carbonyl (C=O) groups excluding carboxylic acids is 1. The molecule has 0 saturated heterocycles. The van der Waals surface area contributed by atoms with E-state index in [0.717, 1.165) is 5.56 Å². The Kier molecular flexibility index (Phi) is 8.30. The molecular formula is C24H30O6. The minimum atomic E-state index is -0.809. The second-order valence-corrected chi connectivity index (χ2v) is 7.82. The molecule has 2 rings (SSSR count). The number of benzene rings is 2. The average molecular weight is 414 g/mol. The smallest absolute Gasteiger partial charge is 0.330 e. The SMILES string of the molecule is COC(=O)/C=C/c1ccc(OCC(O)COc2ccc(C(C)(C)C)cc2)c(OC)c1. The van der Waals surface area contributed by atoms with Gasteiger partial charge in [0.05, 0.1) is 14.2 Å². The maximum Gasteiger partial charge on any atom is 0.330 e. The summed E-state index contributed by atoms with van der Waals surface area (Å²) in [5.41, 5.74) is 2.05. The van der Waals surface area contributed by atoms with Crippen LogP contribution in [0.4, 0.5) is 0 Å². The Hall–Kier alpha value is -2.99. The molecule has 0 bridgehead atoms. The molecule has 1 unspecified atom stereocenters. The zero-order valence-electron chi connectivity index (χ0n) is 18.2. The van der Waals surface area contributed by atoms with Crippen LogP contribution in [-0.4, -0.2) is 44.6 Å². The molecule has 0 aliphatic rings. The van der Waals surface area contributed by atoms with Gasteiger partial charge in [0, 0.05) is 6.08 Å². The minimum Gasteiger partial charge on any atom is -0.493 e. The van der Waals surface area contributed by atoms with Gasteiger partial charge in [-0.1, -0.05) is 39.0 Å². The number of esters is 1. The second kappa shape index (κ2) is 10.7. The fourth-order valence-electron chi connectivity index (χ4n) is 2.62. The average Bonchev–Trinajstić information content (AvgIpc) is 2.74. The number of ether oxygens (including phenoxy) is 4. The van der Waals surface area contributed by atoms with Crippen molar-refractivity contribution in [3.63, 3.8) is 0 Å². The molecule has 1 N–H and O–H groups in total. The maximum atomic E-state index is 11.2. The van der Waals surface area contributed by atoms with Crippen molar-refractivity contribution in [3.8, 4) is 17.2 Å². The molecule has 0 heterocycles. The highest BCUT2D eigenvalue weighted by atomic mass is 16.5. The number of methoxy groups -OCH3 is 2. The number of hydrogen-bond acceptors (Lipinski definition) is 6. The molecule has 2 aromatic carbocycles. The zero-order chi connectivity index (χ0) is 22.1. The van der Waals surface area contributed by atoms with E-state index in [-0.39, 0.29) is 18.6 Å². The Morgan fingerprint density at radius 2 is 1.67 bits per heavy atom. The van der Waals surface area contributed by atoms with Crippen molar-refractivity contribution in [2.75, 3.05) is 27.4 Å². The van der Waals surface area contributed by atoms with E-state index in [1.807, 2.05) is 24.3 Å². The highest BCUT2D eigenvalue weighted by Crippen LogP contribution is 2.29. The predicted octanol–water partition coefficient (Wildman–Crippen LogP) is 4.00. The zero-order valence-corrected chi connectivity index (χ0v) is 18.2. The summed E-state index contributed by atoms with van der Waals surface area (Å²) < 4.78 is 21.2. The lowest BCUT2D eigenvalue weighted by atomic mass is 9.87. The van der Waals surface area contributed by atoms with Gasteiger partial charge >= 0.3 is 5.97 Å². The van der Waals surface area contributed by atoms with Crippen molar-refractivity contribution in [2.24, 2.45) is 0 Å². The molecule has 0 fully saturated rings. The standard InChI is InChI=1S/C24H30O6/c1-24(2,3)18-8-10-20(11-9-18)29-15-19(25)16-30-21-12-6-17(14-22(21)27-4)7-13-23(26)28-5/h6-14,19,25H,15-16H2,1-5H3/b13-7+. The predicted molar refractivity (Wildman–Crippen MR) is 116 cm³/mol.